The summed E-state index contributed by atoms with van der Waals surface area (Å²) in [5.74, 6) is 1.55. The quantitative estimate of drug-likeness (QED) is 0.596. The second-order valence-electron chi connectivity index (χ2n) is 4.17. The second kappa shape index (κ2) is 5.83. The molecule has 20 heavy (non-hydrogen) atoms. The van der Waals surface area contributed by atoms with E-state index in [9.17, 15) is 0 Å². The monoisotopic (exact) mass is 319 g/mol. The maximum absolute atomic E-state index is 5.89. The zero-order valence-corrected chi connectivity index (χ0v) is 12.8. The number of hydrogen-bond acceptors (Lipinski definition) is 1. The van der Waals surface area contributed by atoms with E-state index in [0.29, 0.717) is 10.0 Å². The van der Waals surface area contributed by atoms with Crippen molar-refractivity contribution < 1.29 is 8.54 Å². The predicted molar refractivity (Wildman–Crippen MR) is 82.1 cm³/mol. The molecule has 2 aromatic carbocycles. The largest absolute Gasteiger partial charge is 0.629 e. The van der Waals surface area contributed by atoms with Crippen molar-refractivity contribution in [3.63, 3.8) is 0 Å². The van der Waals surface area contributed by atoms with Gasteiger partial charge in [-0.2, -0.15) is 0 Å². The van der Waals surface area contributed by atoms with Crippen LogP contribution >= 0.6 is 23.2 Å². The van der Waals surface area contributed by atoms with E-state index in [2.05, 4.69) is 0 Å². The molecule has 2 nitrogen and oxygen atoms in total. The summed E-state index contributed by atoms with van der Waals surface area (Å²) in [6, 6.07) is 15.0. The molecule has 0 fully saturated rings. The fourth-order valence-corrected chi connectivity index (χ4v) is 2.63. The molecule has 1 aliphatic rings. The number of benzene rings is 2. The van der Waals surface area contributed by atoms with Crippen LogP contribution in [0.4, 0.5) is 0 Å². The lowest BCUT2D eigenvalue weighted by Crippen LogP contribution is -2.11. The molecule has 0 amide bonds. The van der Waals surface area contributed by atoms with Crippen LogP contribution in [-0.4, -0.2) is 15.8 Å². The van der Waals surface area contributed by atoms with Crippen molar-refractivity contribution in [2.75, 3.05) is 0 Å². The summed E-state index contributed by atoms with van der Waals surface area (Å²) in [5, 5.41) is 1.40. The summed E-state index contributed by atoms with van der Waals surface area (Å²) in [6.07, 6.45) is 1.88. The maximum Gasteiger partial charge on any atom is 0.424 e. The molecule has 0 spiro atoms. The van der Waals surface area contributed by atoms with Crippen molar-refractivity contribution in [3.05, 3.63) is 75.8 Å². The van der Waals surface area contributed by atoms with E-state index in [1.165, 1.54) is 0 Å². The Kier molecular flexibility index (Phi) is 3.92. The molecule has 0 N–H and O–H groups in total. The van der Waals surface area contributed by atoms with E-state index in [0.717, 1.165) is 22.7 Å². The molecule has 3 rings (SSSR count). The van der Waals surface area contributed by atoms with Crippen LogP contribution in [0, 0.1) is 0 Å². The minimum atomic E-state index is -0.0634. The second-order valence-corrected chi connectivity index (χ2v) is 5.62. The van der Waals surface area contributed by atoms with Gasteiger partial charge in [-0.3, -0.25) is 0 Å². The van der Waals surface area contributed by atoms with Gasteiger partial charge in [-0.25, -0.2) is 0 Å². The number of halogens is 2. The van der Waals surface area contributed by atoms with E-state index in [4.69, 9.17) is 31.7 Å². The summed E-state index contributed by atoms with van der Waals surface area (Å²) >= 11 is 11.8. The molecular weight excluding hydrogens is 311 g/mol. The molecule has 0 unspecified atom stereocenters. The third-order valence-corrected chi connectivity index (χ3v) is 3.93. The topological polar surface area (TPSA) is 20.5 Å². The fourth-order valence-electron chi connectivity index (χ4n) is 1.80. The van der Waals surface area contributed by atoms with Crippen LogP contribution in [0.25, 0.3) is 5.76 Å². The van der Waals surface area contributed by atoms with Crippen molar-refractivity contribution in [2.45, 2.75) is 0 Å². The highest BCUT2D eigenvalue weighted by Crippen LogP contribution is 2.22. The summed E-state index contributed by atoms with van der Waals surface area (Å²) in [6.45, 7) is 0. The lowest BCUT2D eigenvalue weighted by molar-refractivity contribution is -0.101. The van der Waals surface area contributed by atoms with E-state index < -0.39 is 0 Å². The first kappa shape index (κ1) is 13.4. The Morgan fingerprint density at radius 3 is 1.95 bits per heavy atom. The zero-order valence-electron chi connectivity index (χ0n) is 10.3. The first-order valence-electron chi connectivity index (χ1n) is 5.91. The first-order chi connectivity index (χ1) is 9.72. The van der Waals surface area contributed by atoms with E-state index in [1.807, 2.05) is 54.6 Å². The Labute approximate surface area is 129 Å². The molecule has 0 atom stereocenters. The van der Waals surface area contributed by atoms with E-state index in [1.54, 1.807) is 0 Å². The van der Waals surface area contributed by atoms with Gasteiger partial charge in [0.2, 0.25) is 0 Å². The molecule has 2 aromatic rings. The molecule has 1 radical (unpaired) electrons. The lowest BCUT2D eigenvalue weighted by Gasteiger charge is -2.16. The number of ketones is 1. The van der Waals surface area contributed by atoms with Crippen LogP contribution in [0.1, 0.15) is 15.2 Å². The molecule has 0 bridgehead atoms. The SMILES string of the molecule is Clc1ccc(C2=CC(c3ccc(Cl)cc3)=[O+][Si-]O2)cc1. The lowest BCUT2D eigenvalue weighted by atomic mass is 10.1. The van der Waals surface area contributed by atoms with Gasteiger partial charge in [-0.05, 0) is 48.5 Å². The van der Waals surface area contributed by atoms with Crippen LogP contribution < -0.4 is 0 Å². The van der Waals surface area contributed by atoms with Gasteiger partial charge in [-0.15, -0.1) is 0 Å². The highest BCUT2D eigenvalue weighted by atomic mass is 35.5. The van der Waals surface area contributed by atoms with Crippen LogP contribution in [-0.2, 0) is 4.43 Å². The van der Waals surface area contributed by atoms with Gasteiger partial charge in [-0.1, -0.05) is 23.2 Å². The average molecular weight is 320 g/mol. The number of carbonyl (C=O) groups excluding carboxylic acids is 1. The smallest absolute Gasteiger partial charge is 0.424 e. The molecule has 1 aliphatic heterocycles. The highest BCUT2D eigenvalue weighted by Gasteiger charge is 2.16. The molecule has 5 heteroatoms. The molecule has 0 saturated heterocycles. The normalized spacial score (nSPS) is 13.9. The third kappa shape index (κ3) is 2.95. The molecule has 0 saturated carbocycles. The summed E-state index contributed by atoms with van der Waals surface area (Å²) in [7, 11) is -0.0634. The Balaban J connectivity index is 1.92. The van der Waals surface area contributed by atoms with Gasteiger partial charge in [0.15, 0.2) is 0 Å². The van der Waals surface area contributed by atoms with E-state index >= 15 is 0 Å². The standard InChI is InChI=1S/C15H9Cl2O2Si/c16-12-5-1-10(2-6-12)14-9-15(19-20-18-14)11-3-7-13(17)8-4-11/h1-9H. The van der Waals surface area contributed by atoms with Gasteiger partial charge in [0.05, 0.1) is 17.4 Å². The molecule has 1 heterocycles. The number of rotatable bonds is 2. The van der Waals surface area contributed by atoms with Crippen molar-refractivity contribution in [1.29, 1.82) is 0 Å². The minimum Gasteiger partial charge on any atom is -0.629 e. The van der Waals surface area contributed by atoms with Crippen LogP contribution in [0.3, 0.4) is 0 Å². The summed E-state index contributed by atoms with van der Waals surface area (Å²) in [5.41, 5.74) is 1.94. The van der Waals surface area contributed by atoms with Crippen LogP contribution in [0.5, 0.6) is 0 Å². The Morgan fingerprint density at radius 1 is 0.800 bits per heavy atom. The number of allylic oxidation sites excluding steroid dienone is 1. The van der Waals surface area contributed by atoms with E-state index in [-0.39, 0.29) is 10.0 Å². The Bertz CT molecular complexity index is 676. The van der Waals surface area contributed by atoms with Gasteiger partial charge in [0.25, 0.3) is 5.78 Å². The maximum atomic E-state index is 5.89. The highest BCUT2D eigenvalue weighted by molar-refractivity contribution is 6.31. The first-order valence-corrected chi connectivity index (χ1v) is 7.49. The molecule has 0 aliphatic carbocycles. The van der Waals surface area contributed by atoms with Crippen molar-refractivity contribution in [3.8, 4) is 0 Å². The molecule has 0 aromatic heterocycles. The van der Waals surface area contributed by atoms with Gasteiger partial charge in [0.1, 0.15) is 0 Å². The summed E-state index contributed by atoms with van der Waals surface area (Å²) in [4.78, 5) is 0. The van der Waals surface area contributed by atoms with Crippen molar-refractivity contribution >= 4 is 44.8 Å². The van der Waals surface area contributed by atoms with Gasteiger partial charge >= 0.3 is 10.0 Å². The Morgan fingerprint density at radius 2 is 1.35 bits per heavy atom. The Hall–Kier alpha value is -1.55. The predicted octanol–water partition coefficient (Wildman–Crippen LogP) is 4.32. The fraction of sp³-hybridized carbons (Fsp3) is 0. The molecule has 99 valence electrons. The van der Waals surface area contributed by atoms with Crippen LogP contribution in [0.15, 0.2) is 54.6 Å². The third-order valence-electron chi connectivity index (χ3n) is 2.82. The van der Waals surface area contributed by atoms with Gasteiger partial charge in [0, 0.05) is 15.6 Å². The average Bonchev–Trinajstić information content (AvgIpc) is 2.49. The van der Waals surface area contributed by atoms with Crippen molar-refractivity contribution in [1.82, 2.24) is 0 Å². The van der Waals surface area contributed by atoms with Crippen molar-refractivity contribution in [2.24, 2.45) is 0 Å². The van der Waals surface area contributed by atoms with Gasteiger partial charge < -0.3 is 8.54 Å². The minimum absolute atomic E-state index is 0.0634. The van der Waals surface area contributed by atoms with Crippen LogP contribution in [0.2, 0.25) is 10.0 Å². The molecular formula is C15H9Cl2O2Si. The zero-order chi connectivity index (χ0) is 13.9. The number of hydrogen-bond donors (Lipinski definition) is 0. The summed E-state index contributed by atoms with van der Waals surface area (Å²) < 4.78 is 11.1.